The van der Waals surface area contributed by atoms with Crippen LogP contribution in [0.4, 0.5) is 4.39 Å². The molecule has 0 aliphatic heterocycles. The van der Waals surface area contributed by atoms with Crippen LogP contribution < -0.4 is 5.43 Å². The van der Waals surface area contributed by atoms with Crippen LogP contribution in [0.2, 0.25) is 0 Å². The molecule has 0 atom stereocenters. The molecule has 3 heteroatoms. The van der Waals surface area contributed by atoms with Crippen molar-refractivity contribution in [3.05, 3.63) is 58.1 Å². The van der Waals surface area contributed by atoms with Gasteiger partial charge in [-0.25, -0.2) is 4.39 Å². The summed E-state index contributed by atoms with van der Waals surface area (Å²) in [6, 6.07) is 7.56. The Bertz CT molecular complexity index is 525. The minimum atomic E-state index is -0.297. The first kappa shape index (κ1) is 9.65. The number of halogens is 1. The number of aryl methyl sites for hydroxylation is 1. The molecule has 0 amide bonds. The average molecular weight is 203 g/mol. The number of pyridine rings is 1. The van der Waals surface area contributed by atoms with Crippen molar-refractivity contribution in [1.29, 1.82) is 0 Å². The minimum Gasteiger partial charge on any atom is -0.361 e. The molecule has 2 rings (SSSR count). The summed E-state index contributed by atoms with van der Waals surface area (Å²) in [7, 11) is 0. The third kappa shape index (κ3) is 2.13. The molecule has 0 fully saturated rings. The summed E-state index contributed by atoms with van der Waals surface area (Å²) in [4.78, 5) is 14.0. The number of hydrogen-bond acceptors (Lipinski definition) is 1. The van der Waals surface area contributed by atoms with Crippen LogP contribution in [-0.4, -0.2) is 4.98 Å². The normalized spacial score (nSPS) is 10.3. The van der Waals surface area contributed by atoms with Crippen LogP contribution >= 0.6 is 0 Å². The Morgan fingerprint density at radius 1 is 1.20 bits per heavy atom. The first-order valence-electron chi connectivity index (χ1n) is 4.61. The Morgan fingerprint density at radius 3 is 2.67 bits per heavy atom. The highest BCUT2D eigenvalue weighted by molar-refractivity contribution is 5.59. The number of H-pyrrole nitrogens is 1. The molecule has 15 heavy (non-hydrogen) atoms. The first-order valence-corrected chi connectivity index (χ1v) is 4.61. The van der Waals surface area contributed by atoms with Gasteiger partial charge in [-0.1, -0.05) is 0 Å². The van der Waals surface area contributed by atoms with Gasteiger partial charge < -0.3 is 4.98 Å². The summed E-state index contributed by atoms with van der Waals surface area (Å²) in [5.74, 6) is -0.297. The third-order valence-corrected chi connectivity index (χ3v) is 2.13. The van der Waals surface area contributed by atoms with Crippen molar-refractivity contribution >= 4 is 0 Å². The summed E-state index contributed by atoms with van der Waals surface area (Å²) in [5.41, 5.74) is 2.05. The molecular weight excluding hydrogens is 193 g/mol. The highest BCUT2D eigenvalue weighted by Gasteiger charge is 2.01. The Morgan fingerprint density at radius 2 is 2.00 bits per heavy atom. The average Bonchev–Trinajstić information content (AvgIpc) is 2.16. The van der Waals surface area contributed by atoms with Gasteiger partial charge in [-0.3, -0.25) is 4.79 Å². The molecule has 0 radical (unpaired) electrons. The Hall–Kier alpha value is -1.90. The maximum Gasteiger partial charge on any atom is 0.182 e. The maximum absolute atomic E-state index is 13.1. The van der Waals surface area contributed by atoms with Crippen LogP contribution in [0.5, 0.6) is 0 Å². The lowest BCUT2D eigenvalue weighted by atomic mass is 10.1. The second-order valence-corrected chi connectivity index (χ2v) is 3.46. The van der Waals surface area contributed by atoms with Gasteiger partial charge in [-0.2, -0.15) is 0 Å². The van der Waals surface area contributed by atoms with Crippen molar-refractivity contribution in [2.75, 3.05) is 0 Å². The summed E-state index contributed by atoms with van der Waals surface area (Å²) >= 11 is 0. The lowest BCUT2D eigenvalue weighted by Gasteiger charge is -2.02. The van der Waals surface area contributed by atoms with Gasteiger partial charge in [-0.15, -0.1) is 0 Å². The largest absolute Gasteiger partial charge is 0.361 e. The van der Waals surface area contributed by atoms with Gasteiger partial charge in [-0.05, 0) is 30.7 Å². The van der Waals surface area contributed by atoms with Crippen LogP contribution in [-0.2, 0) is 0 Å². The van der Waals surface area contributed by atoms with E-state index < -0.39 is 0 Å². The molecule has 0 saturated carbocycles. The zero-order valence-corrected chi connectivity index (χ0v) is 8.25. The monoisotopic (exact) mass is 203 g/mol. The van der Waals surface area contributed by atoms with Crippen LogP contribution in [0.15, 0.2) is 41.3 Å². The van der Waals surface area contributed by atoms with E-state index in [-0.39, 0.29) is 11.2 Å². The molecule has 0 saturated heterocycles. The van der Waals surface area contributed by atoms with Crippen LogP contribution in [0.1, 0.15) is 5.56 Å². The third-order valence-electron chi connectivity index (χ3n) is 2.13. The van der Waals surface area contributed by atoms with Gasteiger partial charge in [0.05, 0.1) is 0 Å². The number of aromatic amines is 1. The molecule has 1 aromatic heterocycles. The second kappa shape index (κ2) is 3.69. The number of benzene rings is 1. The lowest BCUT2D eigenvalue weighted by molar-refractivity contribution is 0.627. The summed E-state index contributed by atoms with van der Waals surface area (Å²) < 4.78 is 13.1. The molecule has 2 aromatic rings. The molecular formula is C12H10FNO. The quantitative estimate of drug-likeness (QED) is 0.758. The minimum absolute atomic E-state index is 0.0920. The van der Waals surface area contributed by atoms with Crippen LogP contribution in [0, 0.1) is 12.7 Å². The predicted molar refractivity (Wildman–Crippen MR) is 57.2 cm³/mol. The Labute approximate surface area is 86.4 Å². The van der Waals surface area contributed by atoms with E-state index >= 15 is 0 Å². The molecule has 0 unspecified atom stereocenters. The Balaban J connectivity index is 2.58. The van der Waals surface area contributed by atoms with Gasteiger partial charge in [0, 0.05) is 29.6 Å². The van der Waals surface area contributed by atoms with Crippen molar-refractivity contribution in [3.8, 4) is 11.3 Å². The van der Waals surface area contributed by atoms with Crippen LogP contribution in [0.25, 0.3) is 11.3 Å². The predicted octanol–water partition coefficient (Wildman–Crippen LogP) is 2.49. The molecule has 1 aromatic carbocycles. The molecule has 0 spiro atoms. The van der Waals surface area contributed by atoms with Crippen LogP contribution in [0.3, 0.4) is 0 Å². The standard InChI is InChI=1S/C12H10FNO/c1-8-4-9(6-10(13)5-8)12-7-11(15)2-3-14-12/h2-7H,1H3,(H,14,15). The van der Waals surface area contributed by atoms with E-state index in [0.29, 0.717) is 11.3 Å². The van der Waals surface area contributed by atoms with Crippen molar-refractivity contribution in [2.24, 2.45) is 0 Å². The zero-order chi connectivity index (χ0) is 10.8. The van der Waals surface area contributed by atoms with Crippen molar-refractivity contribution in [1.82, 2.24) is 4.98 Å². The lowest BCUT2D eigenvalue weighted by Crippen LogP contribution is -1.98. The summed E-state index contributed by atoms with van der Waals surface area (Å²) in [6.07, 6.45) is 1.55. The first-order chi connectivity index (χ1) is 7.15. The highest BCUT2D eigenvalue weighted by atomic mass is 19.1. The fraction of sp³-hybridized carbons (Fsp3) is 0.0833. The SMILES string of the molecule is Cc1cc(F)cc(-c2cc(=O)cc[nH]2)c1. The molecule has 0 aliphatic carbocycles. The van der Waals surface area contributed by atoms with E-state index in [2.05, 4.69) is 4.98 Å². The van der Waals surface area contributed by atoms with Crippen molar-refractivity contribution in [2.45, 2.75) is 6.92 Å². The van der Waals surface area contributed by atoms with Crippen molar-refractivity contribution in [3.63, 3.8) is 0 Å². The molecule has 2 nitrogen and oxygen atoms in total. The topological polar surface area (TPSA) is 32.9 Å². The molecule has 0 bridgehead atoms. The summed E-state index contributed by atoms with van der Waals surface area (Å²) in [6.45, 7) is 1.81. The van der Waals surface area contributed by atoms with E-state index in [9.17, 15) is 9.18 Å². The number of aromatic nitrogens is 1. The van der Waals surface area contributed by atoms with Gasteiger partial charge in [0.15, 0.2) is 5.43 Å². The molecule has 1 heterocycles. The highest BCUT2D eigenvalue weighted by Crippen LogP contribution is 2.18. The maximum atomic E-state index is 13.1. The molecule has 76 valence electrons. The second-order valence-electron chi connectivity index (χ2n) is 3.46. The smallest absolute Gasteiger partial charge is 0.182 e. The Kier molecular flexibility index (Phi) is 2.37. The fourth-order valence-corrected chi connectivity index (χ4v) is 1.50. The number of rotatable bonds is 1. The van der Waals surface area contributed by atoms with Gasteiger partial charge >= 0.3 is 0 Å². The van der Waals surface area contributed by atoms with E-state index in [1.807, 2.05) is 13.0 Å². The van der Waals surface area contributed by atoms with Gasteiger partial charge in [0.2, 0.25) is 0 Å². The molecule has 1 N–H and O–H groups in total. The van der Waals surface area contributed by atoms with Gasteiger partial charge in [0.1, 0.15) is 5.82 Å². The van der Waals surface area contributed by atoms with Gasteiger partial charge in [0.25, 0.3) is 0 Å². The van der Waals surface area contributed by atoms with E-state index in [1.165, 1.54) is 24.3 Å². The van der Waals surface area contributed by atoms with E-state index in [1.54, 1.807) is 6.20 Å². The zero-order valence-electron chi connectivity index (χ0n) is 8.25. The number of hydrogen-bond donors (Lipinski definition) is 1. The number of nitrogens with one attached hydrogen (secondary N) is 1. The summed E-state index contributed by atoms with van der Waals surface area (Å²) in [5, 5.41) is 0. The van der Waals surface area contributed by atoms with E-state index in [0.717, 1.165) is 5.56 Å². The van der Waals surface area contributed by atoms with Crippen molar-refractivity contribution < 1.29 is 4.39 Å². The van der Waals surface area contributed by atoms with E-state index in [4.69, 9.17) is 0 Å². The fourth-order valence-electron chi connectivity index (χ4n) is 1.50. The molecule has 0 aliphatic rings.